The number of hydrogen-bond acceptors (Lipinski definition) is 3. The molecule has 1 atom stereocenters. The van der Waals surface area contributed by atoms with Crippen molar-refractivity contribution in [1.82, 2.24) is 10.2 Å². The van der Waals surface area contributed by atoms with E-state index in [-0.39, 0.29) is 24.5 Å². The number of aliphatic hydroxyl groups is 1. The summed E-state index contributed by atoms with van der Waals surface area (Å²) >= 11 is 0. The lowest BCUT2D eigenvalue weighted by Gasteiger charge is -2.42. The van der Waals surface area contributed by atoms with Crippen LogP contribution in [-0.4, -0.2) is 54.9 Å². The molecule has 0 radical (unpaired) electrons. The standard InChI is InChI=1S/C17H26FN3O2/c1-2-19-17(23)21-11-10-20(13-16(21)5-3-4-12-22)15-8-6-14(18)7-9-15/h6-9,16,22H,2-5,10-13H2,1H3,(H,19,23). The number of halogens is 1. The quantitative estimate of drug-likeness (QED) is 0.789. The van der Waals surface area contributed by atoms with Gasteiger partial charge in [0.05, 0.1) is 6.04 Å². The molecule has 1 aliphatic heterocycles. The molecule has 1 aromatic rings. The fourth-order valence-corrected chi connectivity index (χ4v) is 3.00. The van der Waals surface area contributed by atoms with Crippen LogP contribution in [0, 0.1) is 5.82 Å². The molecule has 2 rings (SSSR count). The lowest BCUT2D eigenvalue weighted by atomic mass is 10.0. The van der Waals surface area contributed by atoms with Gasteiger partial charge in [-0.3, -0.25) is 0 Å². The third-order valence-corrected chi connectivity index (χ3v) is 4.21. The molecule has 5 nitrogen and oxygen atoms in total. The first-order chi connectivity index (χ1) is 11.2. The highest BCUT2D eigenvalue weighted by Crippen LogP contribution is 2.22. The van der Waals surface area contributed by atoms with E-state index in [9.17, 15) is 9.18 Å². The average molecular weight is 323 g/mol. The fourth-order valence-electron chi connectivity index (χ4n) is 3.00. The minimum atomic E-state index is -0.241. The molecule has 0 aliphatic carbocycles. The molecule has 1 aromatic carbocycles. The molecule has 6 heteroatoms. The van der Waals surface area contributed by atoms with E-state index in [1.54, 1.807) is 12.1 Å². The van der Waals surface area contributed by atoms with Crippen molar-refractivity contribution in [2.45, 2.75) is 32.2 Å². The molecule has 0 spiro atoms. The van der Waals surface area contributed by atoms with E-state index in [0.29, 0.717) is 13.1 Å². The van der Waals surface area contributed by atoms with E-state index >= 15 is 0 Å². The van der Waals surface area contributed by atoms with Crippen LogP contribution in [0.1, 0.15) is 26.2 Å². The number of carbonyl (C=O) groups excluding carboxylic acids is 1. The highest BCUT2D eigenvalue weighted by Gasteiger charge is 2.29. The number of urea groups is 1. The Morgan fingerprint density at radius 1 is 1.30 bits per heavy atom. The minimum Gasteiger partial charge on any atom is -0.396 e. The van der Waals surface area contributed by atoms with E-state index in [1.165, 1.54) is 12.1 Å². The molecular formula is C17H26FN3O2. The Hall–Kier alpha value is -1.82. The third-order valence-electron chi connectivity index (χ3n) is 4.21. The smallest absolute Gasteiger partial charge is 0.317 e. The third kappa shape index (κ3) is 4.82. The van der Waals surface area contributed by atoms with Crippen molar-refractivity contribution < 1.29 is 14.3 Å². The van der Waals surface area contributed by atoms with Crippen molar-refractivity contribution in [3.63, 3.8) is 0 Å². The molecule has 1 aliphatic rings. The van der Waals surface area contributed by atoms with Gasteiger partial charge in [-0.15, -0.1) is 0 Å². The van der Waals surface area contributed by atoms with Gasteiger partial charge in [0.15, 0.2) is 0 Å². The van der Waals surface area contributed by atoms with Gasteiger partial charge in [-0.25, -0.2) is 9.18 Å². The number of anilines is 1. The first-order valence-corrected chi connectivity index (χ1v) is 8.31. The molecular weight excluding hydrogens is 297 g/mol. The van der Waals surface area contributed by atoms with E-state index in [1.807, 2.05) is 11.8 Å². The van der Waals surface area contributed by atoms with Gasteiger partial charge in [0.1, 0.15) is 5.82 Å². The van der Waals surface area contributed by atoms with Crippen LogP contribution in [0.15, 0.2) is 24.3 Å². The number of hydrogen-bond donors (Lipinski definition) is 2. The molecule has 0 saturated carbocycles. The summed E-state index contributed by atoms with van der Waals surface area (Å²) in [5.74, 6) is -0.241. The van der Waals surface area contributed by atoms with Gasteiger partial charge in [-0.1, -0.05) is 0 Å². The van der Waals surface area contributed by atoms with Gasteiger partial charge in [0.2, 0.25) is 0 Å². The number of amides is 2. The van der Waals surface area contributed by atoms with Crippen LogP contribution < -0.4 is 10.2 Å². The van der Waals surface area contributed by atoms with E-state index in [4.69, 9.17) is 5.11 Å². The highest BCUT2D eigenvalue weighted by molar-refractivity contribution is 5.75. The largest absolute Gasteiger partial charge is 0.396 e. The number of aliphatic hydroxyl groups excluding tert-OH is 1. The molecule has 1 heterocycles. The normalized spacial score (nSPS) is 18.1. The summed E-state index contributed by atoms with van der Waals surface area (Å²) in [4.78, 5) is 16.3. The molecule has 128 valence electrons. The first-order valence-electron chi connectivity index (χ1n) is 8.31. The predicted molar refractivity (Wildman–Crippen MR) is 89.1 cm³/mol. The van der Waals surface area contributed by atoms with Crippen LogP contribution in [0.5, 0.6) is 0 Å². The lowest BCUT2D eigenvalue weighted by Crippen LogP contribution is -2.57. The molecule has 2 amide bonds. The Balaban J connectivity index is 2.04. The van der Waals surface area contributed by atoms with Crippen molar-refractivity contribution in [1.29, 1.82) is 0 Å². The molecule has 2 N–H and O–H groups in total. The van der Waals surface area contributed by atoms with Gasteiger partial charge in [0, 0.05) is 38.5 Å². The lowest BCUT2D eigenvalue weighted by molar-refractivity contribution is 0.159. The van der Waals surface area contributed by atoms with Crippen LogP contribution in [0.25, 0.3) is 0 Å². The minimum absolute atomic E-state index is 0.0275. The zero-order valence-corrected chi connectivity index (χ0v) is 13.7. The van der Waals surface area contributed by atoms with Crippen LogP contribution in [0.2, 0.25) is 0 Å². The number of nitrogens with one attached hydrogen (secondary N) is 1. The Morgan fingerprint density at radius 2 is 2.04 bits per heavy atom. The summed E-state index contributed by atoms with van der Waals surface area (Å²) in [5.41, 5.74) is 0.981. The maximum atomic E-state index is 13.1. The van der Waals surface area contributed by atoms with Crippen LogP contribution in [0.4, 0.5) is 14.9 Å². The molecule has 0 aromatic heterocycles. The maximum absolute atomic E-state index is 13.1. The van der Waals surface area contributed by atoms with Gasteiger partial charge in [-0.2, -0.15) is 0 Å². The van der Waals surface area contributed by atoms with Crippen molar-refractivity contribution in [2.24, 2.45) is 0 Å². The van der Waals surface area contributed by atoms with Crippen LogP contribution in [-0.2, 0) is 0 Å². The summed E-state index contributed by atoms with van der Waals surface area (Å²) < 4.78 is 13.1. The number of unbranched alkanes of at least 4 members (excludes halogenated alkanes) is 1. The van der Waals surface area contributed by atoms with Gasteiger partial charge >= 0.3 is 6.03 Å². The summed E-state index contributed by atoms with van der Waals surface area (Å²) in [6.07, 6.45) is 2.49. The Morgan fingerprint density at radius 3 is 2.70 bits per heavy atom. The Labute approximate surface area is 137 Å². The van der Waals surface area contributed by atoms with Gasteiger partial charge < -0.3 is 20.2 Å². The van der Waals surface area contributed by atoms with Crippen molar-refractivity contribution in [3.05, 3.63) is 30.1 Å². The average Bonchev–Trinajstić information content (AvgIpc) is 2.56. The topological polar surface area (TPSA) is 55.8 Å². The summed E-state index contributed by atoms with van der Waals surface area (Å²) in [6.45, 7) is 4.81. The second kappa shape index (κ2) is 8.72. The number of piperazine rings is 1. The summed E-state index contributed by atoms with van der Waals surface area (Å²) in [5, 5.41) is 11.8. The second-order valence-electron chi connectivity index (χ2n) is 5.82. The number of rotatable bonds is 6. The zero-order chi connectivity index (χ0) is 16.7. The number of benzene rings is 1. The monoisotopic (exact) mass is 323 g/mol. The maximum Gasteiger partial charge on any atom is 0.317 e. The van der Waals surface area contributed by atoms with Gasteiger partial charge in [0.25, 0.3) is 0 Å². The Kier molecular flexibility index (Phi) is 6.65. The summed E-state index contributed by atoms with van der Waals surface area (Å²) in [6, 6.07) is 6.56. The number of nitrogens with zero attached hydrogens (tertiary/aromatic N) is 2. The zero-order valence-electron chi connectivity index (χ0n) is 13.7. The first kappa shape index (κ1) is 17.5. The molecule has 1 fully saturated rings. The number of carbonyl (C=O) groups is 1. The van der Waals surface area contributed by atoms with E-state index < -0.39 is 0 Å². The molecule has 23 heavy (non-hydrogen) atoms. The molecule has 1 saturated heterocycles. The summed E-state index contributed by atoms with van der Waals surface area (Å²) in [7, 11) is 0. The Bertz CT molecular complexity index is 495. The van der Waals surface area contributed by atoms with E-state index in [2.05, 4.69) is 10.2 Å². The fraction of sp³-hybridized carbons (Fsp3) is 0.588. The molecule has 0 bridgehead atoms. The SMILES string of the molecule is CCNC(=O)N1CCN(c2ccc(F)cc2)CC1CCCCO. The van der Waals surface area contributed by atoms with Crippen molar-refractivity contribution >= 4 is 11.7 Å². The van der Waals surface area contributed by atoms with Gasteiger partial charge in [-0.05, 0) is 50.5 Å². The van der Waals surface area contributed by atoms with Crippen LogP contribution in [0.3, 0.4) is 0 Å². The van der Waals surface area contributed by atoms with Crippen LogP contribution >= 0.6 is 0 Å². The van der Waals surface area contributed by atoms with E-state index in [0.717, 1.165) is 38.0 Å². The van der Waals surface area contributed by atoms with Crippen molar-refractivity contribution in [3.8, 4) is 0 Å². The molecule has 1 unspecified atom stereocenters. The van der Waals surface area contributed by atoms with Crippen molar-refractivity contribution in [2.75, 3.05) is 37.7 Å². The second-order valence-corrected chi connectivity index (χ2v) is 5.82. The highest BCUT2D eigenvalue weighted by atomic mass is 19.1. The predicted octanol–water partition coefficient (Wildman–Crippen LogP) is 2.21.